The summed E-state index contributed by atoms with van der Waals surface area (Å²) in [5, 5.41) is 12.7. The van der Waals surface area contributed by atoms with Gasteiger partial charge in [0, 0.05) is 18.5 Å². The van der Waals surface area contributed by atoms with Crippen LogP contribution in [-0.2, 0) is 11.3 Å². The minimum atomic E-state index is -1.01. The average molecular weight is 274 g/mol. The molecule has 0 unspecified atom stereocenters. The molecule has 2 aromatic rings. The number of furan rings is 1. The van der Waals surface area contributed by atoms with Crippen molar-refractivity contribution in [1.82, 2.24) is 10.2 Å². The first-order valence-corrected chi connectivity index (χ1v) is 6.38. The van der Waals surface area contributed by atoms with E-state index in [1.165, 1.54) is 0 Å². The number of benzene rings is 1. The van der Waals surface area contributed by atoms with Gasteiger partial charge in [0.15, 0.2) is 0 Å². The van der Waals surface area contributed by atoms with E-state index in [4.69, 9.17) is 4.42 Å². The highest BCUT2D eigenvalue weighted by Crippen LogP contribution is 2.27. The number of fused-ring (bicyclic) bond motifs is 1. The predicted molar refractivity (Wildman–Crippen MR) is 71.5 cm³/mol. The summed E-state index contributed by atoms with van der Waals surface area (Å²) in [5.41, 5.74) is 0.743. The maximum atomic E-state index is 11.4. The summed E-state index contributed by atoms with van der Waals surface area (Å²) < 4.78 is 5.64. The second-order valence-electron chi connectivity index (χ2n) is 4.76. The lowest BCUT2D eigenvalue weighted by Crippen LogP contribution is -2.47. The lowest BCUT2D eigenvalue weighted by Gasteiger charge is -2.25. The quantitative estimate of drug-likeness (QED) is 0.874. The summed E-state index contributed by atoms with van der Waals surface area (Å²) in [5.74, 6) is -0.663. The van der Waals surface area contributed by atoms with Gasteiger partial charge in [-0.25, -0.2) is 4.79 Å². The molecular weight excluding hydrogens is 260 g/mol. The van der Waals surface area contributed by atoms with Crippen molar-refractivity contribution in [2.45, 2.75) is 6.54 Å². The highest BCUT2D eigenvalue weighted by Gasteiger charge is 2.24. The number of piperazine rings is 1. The van der Waals surface area contributed by atoms with Crippen molar-refractivity contribution in [3.8, 4) is 0 Å². The first kappa shape index (κ1) is 12.7. The third-order valence-electron chi connectivity index (χ3n) is 3.37. The Morgan fingerprint density at radius 3 is 2.95 bits per heavy atom. The standard InChI is InChI=1S/C14H14N2O4/c17-12-8-16(6-5-15-12)7-11-13(14(18)19)9-3-1-2-4-10(9)20-11/h1-4H,5-8H2,(H,15,17)(H,18,19). The highest BCUT2D eigenvalue weighted by molar-refractivity contribution is 6.03. The Morgan fingerprint density at radius 2 is 2.20 bits per heavy atom. The van der Waals surface area contributed by atoms with E-state index in [0.29, 0.717) is 36.4 Å². The molecule has 0 atom stereocenters. The van der Waals surface area contributed by atoms with Crippen LogP contribution in [-0.4, -0.2) is 41.5 Å². The normalized spacial score (nSPS) is 16.3. The molecule has 1 saturated heterocycles. The number of hydrogen-bond donors (Lipinski definition) is 2. The van der Waals surface area contributed by atoms with Crippen LogP contribution >= 0.6 is 0 Å². The molecule has 6 nitrogen and oxygen atoms in total. The molecule has 1 aromatic carbocycles. The first-order chi connectivity index (χ1) is 9.65. The van der Waals surface area contributed by atoms with Crippen molar-refractivity contribution in [3.05, 3.63) is 35.6 Å². The minimum Gasteiger partial charge on any atom is -0.478 e. The molecule has 1 aliphatic rings. The largest absolute Gasteiger partial charge is 0.478 e. The number of carboxylic acids is 1. The van der Waals surface area contributed by atoms with E-state index in [1.807, 2.05) is 4.90 Å². The molecule has 0 aliphatic carbocycles. The molecule has 0 radical (unpaired) electrons. The zero-order valence-electron chi connectivity index (χ0n) is 10.8. The lowest BCUT2D eigenvalue weighted by atomic mass is 10.1. The van der Waals surface area contributed by atoms with Crippen LogP contribution in [0.4, 0.5) is 0 Å². The number of nitrogens with zero attached hydrogens (tertiary/aromatic N) is 1. The number of carbonyl (C=O) groups excluding carboxylic acids is 1. The Kier molecular flexibility index (Phi) is 3.15. The maximum absolute atomic E-state index is 11.4. The summed E-state index contributed by atoms with van der Waals surface area (Å²) in [6.45, 7) is 1.84. The molecule has 1 fully saturated rings. The van der Waals surface area contributed by atoms with Gasteiger partial charge in [0.25, 0.3) is 0 Å². The zero-order chi connectivity index (χ0) is 14.1. The summed E-state index contributed by atoms with van der Waals surface area (Å²) >= 11 is 0. The van der Waals surface area contributed by atoms with Gasteiger partial charge in [0.05, 0.1) is 13.1 Å². The van der Waals surface area contributed by atoms with Crippen LogP contribution in [0, 0.1) is 0 Å². The molecule has 104 valence electrons. The molecule has 0 bridgehead atoms. The number of amides is 1. The molecule has 1 amide bonds. The van der Waals surface area contributed by atoms with Crippen LogP contribution in [0.1, 0.15) is 16.1 Å². The number of para-hydroxylation sites is 1. The molecule has 2 N–H and O–H groups in total. The molecule has 0 saturated carbocycles. The summed E-state index contributed by atoms with van der Waals surface area (Å²) in [6.07, 6.45) is 0. The van der Waals surface area contributed by atoms with Gasteiger partial charge in [-0.2, -0.15) is 0 Å². The Balaban J connectivity index is 1.96. The second-order valence-corrected chi connectivity index (χ2v) is 4.76. The van der Waals surface area contributed by atoms with Gasteiger partial charge < -0.3 is 14.8 Å². The van der Waals surface area contributed by atoms with Crippen molar-refractivity contribution in [2.24, 2.45) is 0 Å². The van der Waals surface area contributed by atoms with Gasteiger partial charge in [-0.05, 0) is 6.07 Å². The number of hydrogen-bond acceptors (Lipinski definition) is 4. The lowest BCUT2D eigenvalue weighted by molar-refractivity contribution is -0.124. The fraction of sp³-hybridized carbons (Fsp3) is 0.286. The topological polar surface area (TPSA) is 82.8 Å². The number of carboxylic acid groups (broad SMARTS) is 1. The Bertz CT molecular complexity index is 677. The molecule has 6 heteroatoms. The highest BCUT2D eigenvalue weighted by atomic mass is 16.4. The smallest absolute Gasteiger partial charge is 0.339 e. The van der Waals surface area contributed by atoms with Gasteiger partial charge in [-0.15, -0.1) is 0 Å². The van der Waals surface area contributed by atoms with E-state index in [9.17, 15) is 14.7 Å². The molecule has 3 rings (SSSR count). The summed E-state index contributed by atoms with van der Waals surface area (Å²) in [6, 6.07) is 7.06. The van der Waals surface area contributed by atoms with E-state index in [-0.39, 0.29) is 18.0 Å². The van der Waals surface area contributed by atoms with Crippen LogP contribution < -0.4 is 5.32 Å². The summed E-state index contributed by atoms with van der Waals surface area (Å²) in [7, 11) is 0. The SMILES string of the molecule is O=C1CN(Cc2oc3ccccc3c2C(=O)O)CCN1. The van der Waals surface area contributed by atoms with Crippen LogP contribution in [0.25, 0.3) is 11.0 Å². The number of aromatic carboxylic acids is 1. The van der Waals surface area contributed by atoms with Gasteiger partial charge in [0.2, 0.25) is 5.91 Å². The average Bonchev–Trinajstić information content (AvgIpc) is 2.76. The van der Waals surface area contributed by atoms with Crippen molar-refractivity contribution < 1.29 is 19.1 Å². The van der Waals surface area contributed by atoms with Gasteiger partial charge >= 0.3 is 5.97 Å². The van der Waals surface area contributed by atoms with E-state index in [2.05, 4.69) is 5.32 Å². The predicted octanol–water partition coefficient (Wildman–Crippen LogP) is 1.06. The van der Waals surface area contributed by atoms with E-state index in [0.717, 1.165) is 0 Å². The zero-order valence-corrected chi connectivity index (χ0v) is 10.8. The van der Waals surface area contributed by atoms with Crippen molar-refractivity contribution in [3.63, 3.8) is 0 Å². The van der Waals surface area contributed by atoms with Crippen LogP contribution in [0.15, 0.2) is 28.7 Å². The number of nitrogens with one attached hydrogen (secondary N) is 1. The molecule has 20 heavy (non-hydrogen) atoms. The van der Waals surface area contributed by atoms with Crippen molar-refractivity contribution >= 4 is 22.8 Å². The second kappa shape index (κ2) is 4.97. The van der Waals surface area contributed by atoms with Crippen LogP contribution in [0.3, 0.4) is 0 Å². The third-order valence-corrected chi connectivity index (χ3v) is 3.37. The number of carbonyl (C=O) groups is 2. The maximum Gasteiger partial charge on any atom is 0.339 e. The fourth-order valence-electron chi connectivity index (χ4n) is 2.47. The van der Waals surface area contributed by atoms with Gasteiger partial charge in [-0.3, -0.25) is 9.69 Å². The summed E-state index contributed by atoms with van der Waals surface area (Å²) in [4.78, 5) is 24.7. The monoisotopic (exact) mass is 274 g/mol. The van der Waals surface area contributed by atoms with Crippen LogP contribution in [0.5, 0.6) is 0 Å². The van der Waals surface area contributed by atoms with E-state index >= 15 is 0 Å². The Morgan fingerprint density at radius 1 is 1.40 bits per heavy atom. The fourth-order valence-corrected chi connectivity index (χ4v) is 2.47. The Hall–Kier alpha value is -2.34. The molecular formula is C14H14N2O4. The van der Waals surface area contributed by atoms with Crippen molar-refractivity contribution in [2.75, 3.05) is 19.6 Å². The van der Waals surface area contributed by atoms with Gasteiger partial charge in [0.1, 0.15) is 16.9 Å². The first-order valence-electron chi connectivity index (χ1n) is 6.38. The third kappa shape index (κ3) is 2.25. The van der Waals surface area contributed by atoms with Gasteiger partial charge in [-0.1, -0.05) is 18.2 Å². The molecule has 0 spiro atoms. The molecule has 1 aromatic heterocycles. The van der Waals surface area contributed by atoms with E-state index < -0.39 is 5.97 Å². The number of rotatable bonds is 3. The minimum absolute atomic E-state index is 0.0516. The van der Waals surface area contributed by atoms with Crippen LogP contribution in [0.2, 0.25) is 0 Å². The van der Waals surface area contributed by atoms with E-state index in [1.54, 1.807) is 24.3 Å². The molecule has 2 heterocycles. The van der Waals surface area contributed by atoms with Crippen molar-refractivity contribution in [1.29, 1.82) is 0 Å². The Labute approximate surface area is 115 Å². The molecule has 1 aliphatic heterocycles.